The van der Waals surface area contributed by atoms with Gasteiger partial charge in [-0.2, -0.15) is 0 Å². The molecule has 0 bridgehead atoms. The molecule has 0 spiro atoms. The zero-order chi connectivity index (χ0) is 20.3. The van der Waals surface area contributed by atoms with E-state index in [9.17, 15) is 19.5 Å². The van der Waals surface area contributed by atoms with Crippen LogP contribution in [-0.2, 0) is 27.2 Å². The molecule has 7 heteroatoms. The quantitative estimate of drug-likeness (QED) is 0.547. The molecule has 152 valence electrons. The van der Waals surface area contributed by atoms with E-state index in [1.807, 2.05) is 19.9 Å². The molecule has 2 aliphatic rings. The lowest BCUT2D eigenvalue weighted by Gasteiger charge is -2.24. The Labute approximate surface area is 169 Å². The number of amides is 1. The monoisotopic (exact) mass is 405 g/mol. The summed E-state index contributed by atoms with van der Waals surface area (Å²) in [6, 6.07) is 0. The minimum absolute atomic E-state index is 0.199. The number of carbonyl (C=O) groups excluding carboxylic acids is 2. The van der Waals surface area contributed by atoms with E-state index in [0.717, 1.165) is 36.1 Å². The largest absolute Gasteiger partial charge is 0.481 e. The highest BCUT2D eigenvalue weighted by atomic mass is 32.1. The summed E-state index contributed by atoms with van der Waals surface area (Å²) in [7, 11) is 0. The van der Waals surface area contributed by atoms with E-state index in [4.69, 9.17) is 4.74 Å². The Hall–Kier alpha value is -2.15. The highest BCUT2D eigenvalue weighted by molar-refractivity contribution is 7.17. The van der Waals surface area contributed by atoms with Crippen molar-refractivity contribution >= 4 is 34.2 Å². The van der Waals surface area contributed by atoms with Gasteiger partial charge in [0.2, 0.25) is 5.91 Å². The second kappa shape index (κ2) is 8.90. The van der Waals surface area contributed by atoms with Crippen LogP contribution in [0.4, 0.5) is 5.00 Å². The van der Waals surface area contributed by atoms with Crippen LogP contribution in [0.25, 0.3) is 0 Å². The number of nitrogens with one attached hydrogen (secondary N) is 1. The SMILES string of the molecule is CC[C@@H](C)OC(=O)c1c(NC(=O)[C@H]2CC=CC[C@@H]2C(=O)O)sc2c1CCCC2. The number of ether oxygens (including phenoxy) is 1. The number of esters is 1. The molecule has 0 saturated heterocycles. The van der Waals surface area contributed by atoms with Gasteiger partial charge in [0.1, 0.15) is 5.00 Å². The van der Waals surface area contributed by atoms with Crippen LogP contribution >= 0.6 is 11.3 Å². The van der Waals surface area contributed by atoms with Gasteiger partial charge < -0.3 is 15.2 Å². The van der Waals surface area contributed by atoms with Gasteiger partial charge in [0.05, 0.1) is 23.5 Å². The third kappa shape index (κ3) is 4.29. The maximum atomic E-state index is 12.9. The molecular weight excluding hydrogens is 378 g/mol. The fourth-order valence-electron chi connectivity index (χ4n) is 3.78. The van der Waals surface area contributed by atoms with Crippen LogP contribution in [0.15, 0.2) is 12.2 Å². The molecule has 0 aliphatic heterocycles. The lowest BCUT2D eigenvalue weighted by atomic mass is 9.82. The second-order valence-electron chi connectivity index (χ2n) is 7.52. The van der Waals surface area contributed by atoms with E-state index >= 15 is 0 Å². The first-order chi connectivity index (χ1) is 13.4. The Kier molecular flexibility index (Phi) is 6.54. The van der Waals surface area contributed by atoms with Crippen molar-refractivity contribution in [1.82, 2.24) is 0 Å². The van der Waals surface area contributed by atoms with Crippen molar-refractivity contribution < 1.29 is 24.2 Å². The van der Waals surface area contributed by atoms with Gasteiger partial charge in [0.25, 0.3) is 0 Å². The number of carboxylic acid groups (broad SMARTS) is 1. The Morgan fingerprint density at radius 1 is 1.21 bits per heavy atom. The van der Waals surface area contributed by atoms with E-state index in [-0.39, 0.29) is 12.0 Å². The molecule has 0 fully saturated rings. The number of rotatable bonds is 6. The summed E-state index contributed by atoms with van der Waals surface area (Å²) in [5, 5.41) is 12.8. The van der Waals surface area contributed by atoms with Gasteiger partial charge in [-0.15, -0.1) is 11.3 Å². The minimum Gasteiger partial charge on any atom is -0.481 e. The predicted octanol–water partition coefficient (Wildman–Crippen LogP) is 4.19. The molecule has 1 amide bonds. The zero-order valence-electron chi connectivity index (χ0n) is 16.3. The molecule has 1 aromatic heterocycles. The molecule has 0 aromatic carbocycles. The number of thiophene rings is 1. The third-order valence-electron chi connectivity index (χ3n) is 5.58. The zero-order valence-corrected chi connectivity index (χ0v) is 17.1. The highest BCUT2D eigenvalue weighted by Gasteiger charge is 2.35. The van der Waals surface area contributed by atoms with E-state index in [1.54, 1.807) is 6.08 Å². The maximum Gasteiger partial charge on any atom is 0.341 e. The number of fused-ring (bicyclic) bond motifs is 1. The van der Waals surface area contributed by atoms with Crippen molar-refractivity contribution in [2.45, 2.75) is 64.9 Å². The van der Waals surface area contributed by atoms with Gasteiger partial charge in [0, 0.05) is 4.88 Å². The number of carbonyl (C=O) groups is 3. The number of aryl methyl sites for hydroxylation is 1. The average Bonchev–Trinajstić information content (AvgIpc) is 3.05. The first-order valence-electron chi connectivity index (χ1n) is 9.96. The fraction of sp³-hybridized carbons (Fsp3) is 0.571. The van der Waals surface area contributed by atoms with Crippen molar-refractivity contribution in [3.63, 3.8) is 0 Å². The van der Waals surface area contributed by atoms with E-state index in [2.05, 4.69) is 5.32 Å². The highest BCUT2D eigenvalue weighted by Crippen LogP contribution is 2.39. The van der Waals surface area contributed by atoms with Crippen LogP contribution in [0, 0.1) is 11.8 Å². The first kappa shape index (κ1) is 20.6. The summed E-state index contributed by atoms with van der Waals surface area (Å²) < 4.78 is 5.55. The molecule has 6 nitrogen and oxygen atoms in total. The molecule has 0 radical (unpaired) electrons. The van der Waals surface area contributed by atoms with Gasteiger partial charge in [-0.1, -0.05) is 19.1 Å². The Bertz CT molecular complexity index is 797. The van der Waals surface area contributed by atoms with Crippen molar-refractivity contribution in [3.05, 3.63) is 28.2 Å². The minimum atomic E-state index is -0.966. The maximum absolute atomic E-state index is 12.9. The van der Waals surface area contributed by atoms with Gasteiger partial charge in [0.15, 0.2) is 0 Å². The summed E-state index contributed by atoms with van der Waals surface area (Å²) in [6.45, 7) is 3.80. The van der Waals surface area contributed by atoms with Crippen LogP contribution in [0.3, 0.4) is 0 Å². The predicted molar refractivity (Wildman–Crippen MR) is 108 cm³/mol. The molecule has 3 atom stereocenters. The molecule has 28 heavy (non-hydrogen) atoms. The summed E-state index contributed by atoms with van der Waals surface area (Å²) in [4.78, 5) is 38.4. The lowest BCUT2D eigenvalue weighted by Crippen LogP contribution is -2.35. The molecule has 0 unspecified atom stereocenters. The standard InChI is InChI=1S/C21H27NO5S/c1-3-12(2)27-21(26)17-15-10-6-7-11-16(15)28-19(17)22-18(23)13-8-4-5-9-14(13)20(24)25/h4-5,12-14H,3,6-11H2,1-2H3,(H,22,23)(H,24,25)/t12-,13+,14+/m1/s1. The number of hydrogen-bond acceptors (Lipinski definition) is 5. The van der Waals surface area contributed by atoms with Crippen molar-refractivity contribution in [2.75, 3.05) is 5.32 Å². The Morgan fingerprint density at radius 2 is 1.89 bits per heavy atom. The Morgan fingerprint density at radius 3 is 2.57 bits per heavy atom. The number of hydrogen-bond donors (Lipinski definition) is 2. The lowest BCUT2D eigenvalue weighted by molar-refractivity contribution is -0.146. The topological polar surface area (TPSA) is 92.7 Å². The van der Waals surface area contributed by atoms with Crippen LogP contribution in [-0.4, -0.2) is 29.1 Å². The number of carboxylic acids is 1. The summed E-state index contributed by atoms with van der Waals surface area (Å²) in [5.41, 5.74) is 1.45. The number of aliphatic carboxylic acids is 1. The summed E-state index contributed by atoms with van der Waals surface area (Å²) in [5.74, 6) is -3.09. The van der Waals surface area contributed by atoms with Crippen LogP contribution in [0.1, 0.15) is 66.8 Å². The van der Waals surface area contributed by atoms with Crippen LogP contribution in [0.2, 0.25) is 0 Å². The average molecular weight is 406 g/mol. The molecule has 2 N–H and O–H groups in total. The van der Waals surface area contributed by atoms with E-state index in [1.165, 1.54) is 11.3 Å². The molecule has 0 saturated carbocycles. The molecule has 3 rings (SSSR count). The summed E-state index contributed by atoms with van der Waals surface area (Å²) in [6.07, 6.45) is 8.68. The van der Waals surface area contributed by atoms with Gasteiger partial charge in [-0.25, -0.2) is 4.79 Å². The molecule has 1 heterocycles. The Balaban J connectivity index is 1.87. The smallest absolute Gasteiger partial charge is 0.341 e. The van der Waals surface area contributed by atoms with Crippen molar-refractivity contribution in [3.8, 4) is 0 Å². The molecule has 1 aromatic rings. The molecular formula is C21H27NO5S. The van der Waals surface area contributed by atoms with Crippen molar-refractivity contribution in [1.29, 1.82) is 0 Å². The van der Waals surface area contributed by atoms with E-state index in [0.29, 0.717) is 29.8 Å². The number of anilines is 1. The summed E-state index contributed by atoms with van der Waals surface area (Å²) >= 11 is 1.43. The van der Waals surface area contributed by atoms with Gasteiger partial charge in [-0.05, 0) is 57.4 Å². The fourth-order valence-corrected chi connectivity index (χ4v) is 5.06. The third-order valence-corrected chi connectivity index (χ3v) is 6.79. The second-order valence-corrected chi connectivity index (χ2v) is 8.63. The van der Waals surface area contributed by atoms with Crippen molar-refractivity contribution in [2.24, 2.45) is 11.8 Å². The van der Waals surface area contributed by atoms with Gasteiger partial charge in [-0.3, -0.25) is 9.59 Å². The van der Waals surface area contributed by atoms with Gasteiger partial charge >= 0.3 is 11.9 Å². The van der Waals surface area contributed by atoms with E-state index < -0.39 is 23.8 Å². The molecule has 2 aliphatic carbocycles. The number of allylic oxidation sites excluding steroid dienone is 2. The van der Waals surface area contributed by atoms with Crippen LogP contribution in [0.5, 0.6) is 0 Å². The normalized spacial score (nSPS) is 22.2. The van der Waals surface area contributed by atoms with Crippen LogP contribution < -0.4 is 5.32 Å². The first-order valence-corrected chi connectivity index (χ1v) is 10.8.